The number of hydrogen-bond donors (Lipinski definition) is 1. The second-order valence-corrected chi connectivity index (χ2v) is 11.0. The van der Waals surface area contributed by atoms with Crippen LogP contribution >= 0.6 is 15.9 Å². The molecule has 0 saturated carbocycles. The van der Waals surface area contributed by atoms with Gasteiger partial charge in [-0.3, -0.25) is 4.79 Å². The van der Waals surface area contributed by atoms with Gasteiger partial charge in [-0.05, 0) is 69.4 Å². The standard InChI is InChI=1S/C23H29BrN2O3S/c1-15-12-16(2)22(17(3)13-15)30(28,29)26-10-8-19(9-11-26)23(27)25-18(4)20-6-5-7-21(24)14-20/h5-7,12-14,18-19H,8-11H2,1-4H3,(H,25,27)/t18-/m0/s1. The van der Waals surface area contributed by atoms with Gasteiger partial charge in [0.2, 0.25) is 15.9 Å². The van der Waals surface area contributed by atoms with Crippen molar-refractivity contribution in [1.29, 1.82) is 0 Å². The third kappa shape index (κ3) is 4.95. The molecule has 0 aromatic heterocycles. The van der Waals surface area contributed by atoms with E-state index in [4.69, 9.17) is 0 Å². The third-order valence-corrected chi connectivity index (χ3v) is 8.43. The highest BCUT2D eigenvalue weighted by atomic mass is 79.9. The van der Waals surface area contributed by atoms with Crippen LogP contribution in [-0.4, -0.2) is 31.7 Å². The largest absolute Gasteiger partial charge is 0.349 e. The van der Waals surface area contributed by atoms with Crippen LogP contribution in [0.1, 0.15) is 48.1 Å². The van der Waals surface area contributed by atoms with Crippen LogP contribution in [0.25, 0.3) is 0 Å². The van der Waals surface area contributed by atoms with Crippen LogP contribution in [0, 0.1) is 26.7 Å². The Balaban J connectivity index is 1.65. The Morgan fingerprint density at radius 3 is 2.27 bits per heavy atom. The first-order valence-electron chi connectivity index (χ1n) is 10.2. The zero-order valence-electron chi connectivity index (χ0n) is 17.9. The smallest absolute Gasteiger partial charge is 0.243 e. The maximum atomic E-state index is 13.2. The predicted molar refractivity (Wildman–Crippen MR) is 123 cm³/mol. The molecule has 0 radical (unpaired) electrons. The van der Waals surface area contributed by atoms with E-state index in [0.717, 1.165) is 26.7 Å². The van der Waals surface area contributed by atoms with Gasteiger partial charge < -0.3 is 5.32 Å². The van der Waals surface area contributed by atoms with Crippen molar-refractivity contribution >= 4 is 31.9 Å². The first kappa shape index (κ1) is 23.0. The number of hydrogen-bond acceptors (Lipinski definition) is 3. The molecule has 0 bridgehead atoms. The summed E-state index contributed by atoms with van der Waals surface area (Å²) in [6.07, 6.45) is 1.06. The summed E-state index contributed by atoms with van der Waals surface area (Å²) in [7, 11) is -3.56. The monoisotopic (exact) mass is 492 g/mol. The number of piperidine rings is 1. The van der Waals surface area contributed by atoms with E-state index in [1.54, 1.807) is 0 Å². The minimum absolute atomic E-state index is 0.0118. The number of carbonyl (C=O) groups is 1. The van der Waals surface area contributed by atoms with Gasteiger partial charge in [0.05, 0.1) is 10.9 Å². The molecule has 162 valence electrons. The first-order valence-corrected chi connectivity index (χ1v) is 12.5. The van der Waals surface area contributed by atoms with E-state index < -0.39 is 10.0 Å². The highest BCUT2D eigenvalue weighted by Crippen LogP contribution is 2.29. The van der Waals surface area contributed by atoms with Gasteiger partial charge in [0, 0.05) is 23.5 Å². The van der Waals surface area contributed by atoms with Crippen molar-refractivity contribution in [2.75, 3.05) is 13.1 Å². The third-order valence-electron chi connectivity index (χ3n) is 5.73. The molecule has 1 N–H and O–H groups in total. The maximum absolute atomic E-state index is 13.2. The molecule has 1 aliphatic heterocycles. The van der Waals surface area contributed by atoms with Crippen LogP contribution in [0.5, 0.6) is 0 Å². The summed E-state index contributed by atoms with van der Waals surface area (Å²) in [6.45, 7) is 8.33. The summed E-state index contributed by atoms with van der Waals surface area (Å²) in [5.41, 5.74) is 3.63. The fraction of sp³-hybridized carbons (Fsp3) is 0.435. The van der Waals surface area contributed by atoms with Crippen molar-refractivity contribution in [2.45, 2.75) is 51.5 Å². The van der Waals surface area contributed by atoms with Gasteiger partial charge in [0.25, 0.3) is 0 Å². The number of aryl methyl sites for hydroxylation is 3. The number of halogens is 1. The van der Waals surface area contributed by atoms with Gasteiger partial charge in [-0.25, -0.2) is 8.42 Å². The molecule has 30 heavy (non-hydrogen) atoms. The Hall–Kier alpha value is -1.70. The summed E-state index contributed by atoms with van der Waals surface area (Å²) in [5.74, 6) is -0.187. The summed E-state index contributed by atoms with van der Waals surface area (Å²) >= 11 is 3.46. The van der Waals surface area contributed by atoms with E-state index >= 15 is 0 Å². The quantitative estimate of drug-likeness (QED) is 0.660. The Bertz CT molecular complexity index is 1020. The molecular formula is C23H29BrN2O3S. The molecule has 1 fully saturated rings. The van der Waals surface area contributed by atoms with Crippen molar-refractivity contribution in [1.82, 2.24) is 9.62 Å². The average Bonchev–Trinajstić information content (AvgIpc) is 2.67. The Morgan fingerprint density at radius 1 is 1.10 bits per heavy atom. The second kappa shape index (κ2) is 9.20. The topological polar surface area (TPSA) is 66.5 Å². The zero-order chi connectivity index (χ0) is 22.1. The predicted octanol–water partition coefficient (Wildman–Crippen LogP) is 4.65. The van der Waals surface area contributed by atoms with Crippen LogP contribution in [-0.2, 0) is 14.8 Å². The van der Waals surface area contributed by atoms with E-state index in [9.17, 15) is 13.2 Å². The van der Waals surface area contributed by atoms with Gasteiger partial charge in [-0.1, -0.05) is 45.8 Å². The normalized spacial score (nSPS) is 17.0. The van der Waals surface area contributed by atoms with Crippen molar-refractivity contribution in [2.24, 2.45) is 5.92 Å². The SMILES string of the molecule is Cc1cc(C)c(S(=O)(=O)N2CCC(C(=O)N[C@@H](C)c3cccc(Br)c3)CC2)c(C)c1. The van der Waals surface area contributed by atoms with E-state index in [2.05, 4.69) is 21.2 Å². The van der Waals surface area contributed by atoms with E-state index in [-0.39, 0.29) is 17.9 Å². The number of rotatable bonds is 5. The van der Waals surface area contributed by atoms with E-state index in [1.165, 1.54) is 4.31 Å². The molecule has 1 heterocycles. The Morgan fingerprint density at radius 2 is 1.70 bits per heavy atom. The number of sulfonamides is 1. The van der Waals surface area contributed by atoms with E-state index in [0.29, 0.717) is 30.8 Å². The lowest BCUT2D eigenvalue weighted by Crippen LogP contribution is -2.43. The highest BCUT2D eigenvalue weighted by Gasteiger charge is 2.34. The summed E-state index contributed by atoms with van der Waals surface area (Å²) in [6, 6.07) is 11.6. The fourth-order valence-electron chi connectivity index (χ4n) is 4.25. The molecule has 2 aromatic rings. The first-order chi connectivity index (χ1) is 14.1. The van der Waals surface area contributed by atoms with Crippen LogP contribution in [0.4, 0.5) is 0 Å². The van der Waals surface area contributed by atoms with Crippen LogP contribution in [0.2, 0.25) is 0 Å². The molecule has 2 aromatic carbocycles. The molecular weight excluding hydrogens is 464 g/mol. The van der Waals surface area contributed by atoms with Crippen molar-refractivity contribution in [3.63, 3.8) is 0 Å². The van der Waals surface area contributed by atoms with Crippen molar-refractivity contribution in [3.8, 4) is 0 Å². The lowest BCUT2D eigenvalue weighted by molar-refractivity contribution is -0.126. The lowest BCUT2D eigenvalue weighted by atomic mass is 9.96. The second-order valence-electron chi connectivity index (χ2n) is 8.19. The molecule has 7 heteroatoms. The minimum atomic E-state index is -3.56. The van der Waals surface area contributed by atoms with Gasteiger partial charge >= 0.3 is 0 Å². The zero-order valence-corrected chi connectivity index (χ0v) is 20.3. The summed E-state index contributed by atoms with van der Waals surface area (Å²) < 4.78 is 29.0. The molecule has 1 atom stereocenters. The summed E-state index contributed by atoms with van der Waals surface area (Å²) in [5, 5.41) is 3.08. The number of carbonyl (C=O) groups excluding carboxylic acids is 1. The van der Waals surface area contributed by atoms with E-state index in [1.807, 2.05) is 64.1 Å². The molecule has 1 aliphatic rings. The van der Waals surface area contributed by atoms with Gasteiger partial charge in [-0.2, -0.15) is 4.31 Å². The van der Waals surface area contributed by atoms with Crippen molar-refractivity contribution in [3.05, 3.63) is 63.1 Å². The van der Waals surface area contributed by atoms with Gasteiger partial charge in [0.15, 0.2) is 0 Å². The minimum Gasteiger partial charge on any atom is -0.349 e. The molecule has 3 rings (SSSR count). The number of benzene rings is 2. The van der Waals surface area contributed by atoms with Gasteiger partial charge in [-0.15, -0.1) is 0 Å². The lowest BCUT2D eigenvalue weighted by Gasteiger charge is -2.32. The van der Waals surface area contributed by atoms with Crippen LogP contribution in [0.15, 0.2) is 45.8 Å². The molecule has 0 aliphatic carbocycles. The molecule has 0 unspecified atom stereocenters. The number of nitrogens with one attached hydrogen (secondary N) is 1. The number of nitrogens with zero attached hydrogens (tertiary/aromatic N) is 1. The highest BCUT2D eigenvalue weighted by molar-refractivity contribution is 9.10. The Labute approximate surface area is 188 Å². The molecule has 5 nitrogen and oxygen atoms in total. The molecule has 1 saturated heterocycles. The van der Waals surface area contributed by atoms with Crippen LogP contribution in [0.3, 0.4) is 0 Å². The van der Waals surface area contributed by atoms with Crippen LogP contribution < -0.4 is 5.32 Å². The molecule has 0 spiro atoms. The summed E-state index contributed by atoms with van der Waals surface area (Å²) in [4.78, 5) is 13.2. The Kier molecular flexibility index (Phi) is 7.05. The fourth-order valence-corrected chi connectivity index (χ4v) is 6.55. The molecule has 1 amide bonds. The van der Waals surface area contributed by atoms with Crippen molar-refractivity contribution < 1.29 is 13.2 Å². The average molecular weight is 493 g/mol. The number of amides is 1. The van der Waals surface area contributed by atoms with Gasteiger partial charge in [0.1, 0.15) is 0 Å². The maximum Gasteiger partial charge on any atom is 0.243 e.